The molecular weight excluding hydrogens is 146 g/mol. The summed E-state index contributed by atoms with van der Waals surface area (Å²) in [6.45, 7) is 5.87. The Morgan fingerprint density at radius 2 is 1.90 bits per heavy atom. The first-order valence-corrected chi connectivity index (χ1v) is 3.91. The van der Waals surface area contributed by atoms with Gasteiger partial charge in [-0.05, 0) is 13.8 Å². The van der Waals surface area contributed by atoms with Gasteiger partial charge >= 0.3 is 0 Å². The molecule has 1 radical (unpaired) electrons. The van der Waals surface area contributed by atoms with Crippen molar-refractivity contribution < 1.29 is 4.74 Å². The van der Waals surface area contributed by atoms with E-state index in [2.05, 4.69) is 19.3 Å². The lowest BCUT2D eigenvalue weighted by molar-refractivity contribution is -0.0461. The van der Waals surface area contributed by atoms with Crippen molar-refractivity contribution in [3.63, 3.8) is 0 Å². The molecule has 1 rings (SSSR count). The van der Waals surface area contributed by atoms with Gasteiger partial charge in [0, 0.05) is 13.1 Å². The number of rotatable bonds is 1. The quantitative estimate of drug-likeness (QED) is 0.527. The maximum atomic E-state index is 5.49. The Bertz CT molecular complexity index is 119. The maximum absolute atomic E-state index is 5.49. The number of thiocarbonyl (C=S) groups is 1. The van der Waals surface area contributed by atoms with E-state index in [0.717, 1.165) is 13.1 Å². The van der Waals surface area contributed by atoms with Crippen molar-refractivity contribution >= 4 is 17.7 Å². The molecule has 2 unspecified atom stereocenters. The van der Waals surface area contributed by atoms with Crippen LogP contribution in [0, 0.1) is 0 Å². The predicted molar refractivity (Wildman–Crippen MR) is 44.2 cm³/mol. The van der Waals surface area contributed by atoms with Gasteiger partial charge in [-0.2, -0.15) is 0 Å². The highest BCUT2D eigenvalue weighted by atomic mass is 32.1. The third-order valence-electron chi connectivity index (χ3n) is 1.55. The van der Waals surface area contributed by atoms with Crippen LogP contribution in [0.3, 0.4) is 0 Å². The Kier molecular flexibility index (Phi) is 2.63. The molecule has 0 aromatic heterocycles. The van der Waals surface area contributed by atoms with E-state index < -0.39 is 0 Å². The molecule has 0 spiro atoms. The second-order valence-electron chi connectivity index (χ2n) is 2.75. The Morgan fingerprint density at radius 1 is 1.40 bits per heavy atom. The average molecular weight is 158 g/mol. The molecule has 0 amide bonds. The van der Waals surface area contributed by atoms with E-state index in [9.17, 15) is 0 Å². The van der Waals surface area contributed by atoms with Crippen molar-refractivity contribution in [2.24, 2.45) is 0 Å². The van der Waals surface area contributed by atoms with Crippen molar-refractivity contribution in [1.82, 2.24) is 4.90 Å². The molecule has 0 N–H and O–H groups in total. The molecule has 10 heavy (non-hydrogen) atoms. The van der Waals surface area contributed by atoms with Crippen molar-refractivity contribution in [1.29, 1.82) is 0 Å². The lowest BCUT2D eigenvalue weighted by Crippen LogP contribution is -2.44. The topological polar surface area (TPSA) is 12.5 Å². The van der Waals surface area contributed by atoms with Crippen LogP contribution in [0.25, 0.3) is 0 Å². The standard InChI is InChI=1S/C7H12NOS/c1-6-3-8(5-10)4-7(2)9-6/h6-7H,3-4H2,1-2H3. The molecule has 1 saturated heterocycles. The van der Waals surface area contributed by atoms with E-state index in [1.807, 2.05) is 4.90 Å². The van der Waals surface area contributed by atoms with Gasteiger partial charge in [0.15, 0.2) is 0 Å². The largest absolute Gasteiger partial charge is 0.372 e. The average Bonchev–Trinajstić information content (AvgIpc) is 1.85. The van der Waals surface area contributed by atoms with E-state index in [4.69, 9.17) is 17.0 Å². The van der Waals surface area contributed by atoms with Gasteiger partial charge in [-0.15, -0.1) is 0 Å². The highest BCUT2D eigenvalue weighted by molar-refractivity contribution is 7.78. The molecule has 57 valence electrons. The van der Waals surface area contributed by atoms with Gasteiger partial charge in [-0.1, -0.05) is 12.2 Å². The normalized spacial score (nSPS) is 34.0. The van der Waals surface area contributed by atoms with E-state index in [-0.39, 0.29) is 0 Å². The Hall–Kier alpha value is -0.150. The highest BCUT2D eigenvalue weighted by Crippen LogP contribution is 2.08. The molecule has 2 nitrogen and oxygen atoms in total. The third kappa shape index (κ3) is 1.92. The first-order chi connectivity index (χ1) is 4.72. The summed E-state index contributed by atoms with van der Waals surface area (Å²) in [4.78, 5) is 1.99. The smallest absolute Gasteiger partial charge is 0.137 e. The lowest BCUT2D eigenvalue weighted by atomic mass is 10.2. The first kappa shape index (κ1) is 7.95. The number of ether oxygens (including phenoxy) is 1. The molecule has 0 aromatic rings. The Morgan fingerprint density at radius 3 is 2.30 bits per heavy atom. The number of hydrogen-bond donors (Lipinski definition) is 0. The van der Waals surface area contributed by atoms with Crippen LogP contribution in [-0.2, 0) is 4.74 Å². The zero-order valence-electron chi connectivity index (χ0n) is 6.33. The molecular formula is C7H12NOS. The van der Waals surface area contributed by atoms with Gasteiger partial charge in [0.1, 0.15) is 5.49 Å². The summed E-state index contributed by atoms with van der Waals surface area (Å²) in [6.07, 6.45) is 0.582. The van der Waals surface area contributed by atoms with Crippen LogP contribution < -0.4 is 0 Å². The molecule has 1 aliphatic rings. The molecule has 3 heteroatoms. The zero-order valence-corrected chi connectivity index (χ0v) is 7.15. The molecule has 1 heterocycles. The van der Waals surface area contributed by atoms with Crippen LogP contribution >= 0.6 is 12.2 Å². The fourth-order valence-corrected chi connectivity index (χ4v) is 1.40. The predicted octanol–water partition coefficient (Wildman–Crippen LogP) is 0.930. The number of morpholine rings is 1. The number of nitrogens with zero attached hydrogens (tertiary/aromatic N) is 1. The van der Waals surface area contributed by atoms with Gasteiger partial charge in [0.2, 0.25) is 0 Å². The fourth-order valence-electron chi connectivity index (χ4n) is 1.25. The summed E-state index contributed by atoms with van der Waals surface area (Å²) in [7, 11) is 0. The van der Waals surface area contributed by atoms with E-state index >= 15 is 0 Å². The van der Waals surface area contributed by atoms with Gasteiger partial charge in [-0.25, -0.2) is 0 Å². The minimum atomic E-state index is 0.291. The van der Waals surface area contributed by atoms with Crippen LogP contribution in [0.15, 0.2) is 0 Å². The van der Waals surface area contributed by atoms with E-state index in [1.165, 1.54) is 0 Å². The zero-order chi connectivity index (χ0) is 7.56. The van der Waals surface area contributed by atoms with Crippen LogP contribution in [0.5, 0.6) is 0 Å². The fraction of sp³-hybridized carbons (Fsp3) is 0.857. The Balaban J connectivity index is 2.42. The van der Waals surface area contributed by atoms with Gasteiger partial charge in [0.05, 0.1) is 12.2 Å². The maximum Gasteiger partial charge on any atom is 0.137 e. The van der Waals surface area contributed by atoms with Crippen LogP contribution in [0.1, 0.15) is 13.8 Å². The van der Waals surface area contributed by atoms with Crippen molar-refractivity contribution in [3.05, 3.63) is 0 Å². The first-order valence-electron chi connectivity index (χ1n) is 3.50. The second kappa shape index (κ2) is 3.30. The minimum absolute atomic E-state index is 0.291. The van der Waals surface area contributed by atoms with E-state index in [1.54, 1.807) is 0 Å². The highest BCUT2D eigenvalue weighted by Gasteiger charge is 2.19. The monoisotopic (exact) mass is 158 g/mol. The van der Waals surface area contributed by atoms with Crippen LogP contribution in [0.4, 0.5) is 0 Å². The van der Waals surface area contributed by atoms with Gasteiger partial charge in [-0.3, -0.25) is 0 Å². The molecule has 0 saturated carbocycles. The lowest BCUT2D eigenvalue weighted by Gasteiger charge is -2.33. The molecule has 1 fully saturated rings. The summed E-state index contributed by atoms with van der Waals surface area (Å²) < 4.78 is 5.49. The van der Waals surface area contributed by atoms with Crippen LogP contribution in [0.2, 0.25) is 0 Å². The SMILES string of the molecule is CC1CN([C]=S)CC(C)O1. The van der Waals surface area contributed by atoms with Crippen molar-refractivity contribution in [2.75, 3.05) is 13.1 Å². The molecule has 0 aliphatic carbocycles. The number of hydrogen-bond acceptors (Lipinski definition) is 2. The van der Waals surface area contributed by atoms with Crippen molar-refractivity contribution in [2.45, 2.75) is 26.1 Å². The summed E-state index contributed by atoms with van der Waals surface area (Å²) >= 11 is 4.70. The second-order valence-corrected chi connectivity index (χ2v) is 2.94. The molecule has 0 aromatic carbocycles. The molecule has 0 bridgehead atoms. The van der Waals surface area contributed by atoms with Crippen molar-refractivity contribution in [3.8, 4) is 0 Å². The molecule has 1 aliphatic heterocycles. The van der Waals surface area contributed by atoms with E-state index in [0.29, 0.717) is 12.2 Å². The molecule has 2 atom stereocenters. The van der Waals surface area contributed by atoms with Crippen LogP contribution in [-0.4, -0.2) is 35.7 Å². The summed E-state index contributed by atoms with van der Waals surface area (Å²) in [5.74, 6) is 0. The Labute approximate surface area is 67.2 Å². The summed E-state index contributed by atoms with van der Waals surface area (Å²) in [5.41, 5.74) is 2.70. The third-order valence-corrected chi connectivity index (χ3v) is 1.81. The summed E-state index contributed by atoms with van der Waals surface area (Å²) in [5, 5.41) is 0. The minimum Gasteiger partial charge on any atom is -0.372 e. The van der Waals surface area contributed by atoms with Gasteiger partial charge < -0.3 is 9.64 Å². The summed E-state index contributed by atoms with van der Waals surface area (Å²) in [6, 6.07) is 0. The van der Waals surface area contributed by atoms with Gasteiger partial charge in [0.25, 0.3) is 0 Å².